The average molecular weight is 475 g/mol. The van der Waals surface area contributed by atoms with E-state index in [1.54, 1.807) is 28.0 Å². The van der Waals surface area contributed by atoms with Crippen molar-refractivity contribution in [2.75, 3.05) is 64.2 Å². The van der Waals surface area contributed by atoms with E-state index in [1.807, 2.05) is 38.0 Å². The van der Waals surface area contributed by atoms with Gasteiger partial charge in [0.1, 0.15) is 5.75 Å². The molecule has 33 heavy (non-hydrogen) atoms. The minimum Gasteiger partial charge on any atom is -0.508 e. The molecular weight excluding hydrogens is 448 g/mol. The fraction of sp³-hybridized carbons (Fsp3) is 0.364. The molecule has 0 saturated carbocycles. The number of rotatable bonds is 7. The standard InChI is InChI=1S/C22H26N6O4.ClH/c1-24(2)9-11-26-17-7-8-18(28(31)32)20-19(17)21(27(22(26)30)12-10-25(3)4)15-13-14(29)5-6-16(15)23-20;/h5-8,13,29H,9-12H2,1-4H3;1H. The molecule has 0 radical (unpaired) electrons. The van der Waals surface area contributed by atoms with Gasteiger partial charge in [-0.15, -0.1) is 12.4 Å². The third kappa shape index (κ3) is 4.37. The summed E-state index contributed by atoms with van der Waals surface area (Å²) in [5, 5.41) is 23.1. The van der Waals surface area contributed by atoms with Crippen LogP contribution in [0.15, 0.2) is 30.3 Å². The maximum absolute atomic E-state index is 13.7. The van der Waals surface area contributed by atoms with Crippen LogP contribution in [-0.2, 0) is 0 Å². The Morgan fingerprint density at radius 2 is 1.67 bits per heavy atom. The number of pyridine rings is 1. The number of anilines is 2. The molecule has 0 fully saturated rings. The van der Waals surface area contributed by atoms with Crippen LogP contribution < -0.4 is 9.80 Å². The number of phenolic OH excluding ortho intramolecular Hbond substituents is 1. The number of phenols is 1. The van der Waals surface area contributed by atoms with E-state index in [4.69, 9.17) is 0 Å². The highest BCUT2D eigenvalue weighted by atomic mass is 35.5. The largest absolute Gasteiger partial charge is 0.508 e. The Labute approximate surface area is 197 Å². The van der Waals surface area contributed by atoms with E-state index in [1.165, 1.54) is 12.1 Å². The Morgan fingerprint density at radius 3 is 2.27 bits per heavy atom. The van der Waals surface area contributed by atoms with E-state index in [2.05, 4.69) is 4.98 Å². The van der Waals surface area contributed by atoms with E-state index < -0.39 is 4.92 Å². The van der Waals surface area contributed by atoms with Crippen molar-refractivity contribution in [2.45, 2.75) is 0 Å². The molecule has 3 aromatic rings. The zero-order chi connectivity index (χ0) is 23.2. The van der Waals surface area contributed by atoms with Crippen molar-refractivity contribution in [3.63, 3.8) is 0 Å². The van der Waals surface area contributed by atoms with Gasteiger partial charge in [0.25, 0.3) is 5.69 Å². The molecule has 1 aliphatic rings. The van der Waals surface area contributed by atoms with E-state index in [0.717, 1.165) is 0 Å². The highest BCUT2D eigenvalue weighted by Crippen LogP contribution is 2.46. The molecule has 1 aliphatic heterocycles. The lowest BCUT2D eigenvalue weighted by molar-refractivity contribution is -0.383. The number of hydrogen-bond donors (Lipinski definition) is 1. The van der Waals surface area contributed by atoms with Crippen LogP contribution in [0.5, 0.6) is 5.75 Å². The number of benzene rings is 2. The number of hydrogen-bond acceptors (Lipinski definition) is 7. The Hall–Kier alpha value is -3.21. The summed E-state index contributed by atoms with van der Waals surface area (Å²) >= 11 is 0. The molecule has 2 aromatic carbocycles. The van der Waals surface area contributed by atoms with E-state index >= 15 is 0 Å². The molecule has 11 heteroatoms. The minimum atomic E-state index is -0.452. The number of non-ortho nitro benzene ring substituents is 1. The molecule has 176 valence electrons. The molecule has 1 aromatic heterocycles. The predicted octanol–water partition coefficient (Wildman–Crippen LogP) is 3.29. The fourth-order valence-electron chi connectivity index (χ4n) is 4.00. The van der Waals surface area contributed by atoms with Gasteiger partial charge in [-0.1, -0.05) is 0 Å². The Bertz CT molecular complexity index is 1230. The quantitative estimate of drug-likeness (QED) is 0.318. The van der Waals surface area contributed by atoms with Crippen LogP contribution in [0.4, 0.5) is 21.9 Å². The minimum absolute atomic E-state index is 0. The highest BCUT2D eigenvalue weighted by Gasteiger charge is 2.36. The molecule has 4 rings (SSSR count). The summed E-state index contributed by atoms with van der Waals surface area (Å²) in [4.78, 5) is 36.9. The van der Waals surface area contributed by atoms with Gasteiger partial charge in [-0.25, -0.2) is 9.78 Å². The first-order chi connectivity index (χ1) is 15.2. The van der Waals surface area contributed by atoms with Gasteiger partial charge in [0.2, 0.25) is 0 Å². The van der Waals surface area contributed by atoms with Crippen molar-refractivity contribution in [1.82, 2.24) is 14.8 Å². The lowest BCUT2D eigenvalue weighted by Gasteiger charge is -2.38. The Morgan fingerprint density at radius 1 is 1.03 bits per heavy atom. The topological polar surface area (TPSA) is 106 Å². The monoisotopic (exact) mass is 474 g/mol. The van der Waals surface area contributed by atoms with Gasteiger partial charge >= 0.3 is 6.03 Å². The number of urea groups is 1. The fourth-order valence-corrected chi connectivity index (χ4v) is 4.00. The molecular formula is C22H27ClN6O4. The van der Waals surface area contributed by atoms with E-state index in [9.17, 15) is 20.0 Å². The molecule has 0 saturated heterocycles. The molecule has 0 atom stereocenters. The number of aromatic hydroxyl groups is 1. The summed E-state index contributed by atoms with van der Waals surface area (Å²) in [5.41, 5.74) is 1.74. The number of nitro benzene ring substituents is 1. The summed E-state index contributed by atoms with van der Waals surface area (Å²) in [6, 6.07) is 7.49. The van der Waals surface area contributed by atoms with Crippen LogP contribution in [0, 0.1) is 10.1 Å². The van der Waals surface area contributed by atoms with Gasteiger partial charge in [-0.05, 0) is 52.5 Å². The number of amides is 2. The third-order valence-corrected chi connectivity index (χ3v) is 5.60. The smallest absolute Gasteiger partial charge is 0.329 e. The number of carbonyl (C=O) groups excluding carboxylic acids is 1. The first-order valence-corrected chi connectivity index (χ1v) is 10.3. The third-order valence-electron chi connectivity index (χ3n) is 5.60. The normalized spacial score (nSPS) is 13.3. The lowest BCUT2D eigenvalue weighted by Crippen LogP contribution is -2.50. The van der Waals surface area contributed by atoms with Crippen LogP contribution in [0.25, 0.3) is 21.8 Å². The second-order valence-corrected chi connectivity index (χ2v) is 8.44. The molecule has 0 aliphatic carbocycles. The summed E-state index contributed by atoms with van der Waals surface area (Å²) in [6.45, 7) is 2.04. The molecule has 10 nitrogen and oxygen atoms in total. The Kier molecular flexibility index (Phi) is 6.92. The first kappa shape index (κ1) is 24.4. The van der Waals surface area contributed by atoms with Crippen molar-refractivity contribution in [3.8, 4) is 5.75 Å². The number of nitrogens with zero attached hydrogens (tertiary/aromatic N) is 6. The predicted molar refractivity (Wildman–Crippen MR) is 132 cm³/mol. The van der Waals surface area contributed by atoms with Gasteiger partial charge in [-0.3, -0.25) is 19.9 Å². The maximum atomic E-state index is 13.7. The SMILES string of the molecule is CN(C)CCN1C(=O)N(CCN(C)C)c2c3cc(O)ccc3nc3c([N+](=O)[O-])ccc1c23.Cl. The molecule has 0 spiro atoms. The van der Waals surface area contributed by atoms with Crippen LogP contribution in [0.2, 0.25) is 0 Å². The van der Waals surface area contributed by atoms with Crippen molar-refractivity contribution >= 4 is 57.3 Å². The highest BCUT2D eigenvalue weighted by molar-refractivity contribution is 6.26. The van der Waals surface area contributed by atoms with Crippen LogP contribution in [0.1, 0.15) is 0 Å². The molecule has 2 heterocycles. The number of fused-ring (bicyclic) bond motifs is 2. The second kappa shape index (κ2) is 9.34. The Balaban J connectivity index is 0.00000306. The number of carbonyl (C=O) groups is 1. The number of halogens is 1. The maximum Gasteiger partial charge on any atom is 0.329 e. The van der Waals surface area contributed by atoms with Gasteiger partial charge in [0.05, 0.1) is 27.2 Å². The number of nitro groups is 1. The zero-order valence-electron chi connectivity index (χ0n) is 19.0. The number of likely N-dealkylation sites (N-methyl/N-ethyl adjacent to an activating group) is 2. The van der Waals surface area contributed by atoms with Crippen molar-refractivity contribution in [1.29, 1.82) is 0 Å². The van der Waals surface area contributed by atoms with Crippen molar-refractivity contribution in [2.24, 2.45) is 0 Å². The molecule has 0 unspecified atom stereocenters. The molecule has 2 amide bonds. The first-order valence-electron chi connectivity index (χ1n) is 10.3. The lowest BCUT2D eigenvalue weighted by atomic mass is 10.0. The van der Waals surface area contributed by atoms with Gasteiger partial charge in [0.15, 0.2) is 5.52 Å². The van der Waals surface area contributed by atoms with Crippen molar-refractivity contribution in [3.05, 3.63) is 40.4 Å². The van der Waals surface area contributed by atoms with Crippen LogP contribution >= 0.6 is 12.4 Å². The van der Waals surface area contributed by atoms with Crippen LogP contribution in [-0.4, -0.2) is 85.2 Å². The molecule has 1 N–H and O–H groups in total. The summed E-state index contributed by atoms with van der Waals surface area (Å²) < 4.78 is 0. The summed E-state index contributed by atoms with van der Waals surface area (Å²) in [7, 11) is 7.69. The number of aromatic nitrogens is 1. The van der Waals surface area contributed by atoms with Gasteiger partial charge in [-0.2, -0.15) is 0 Å². The van der Waals surface area contributed by atoms with E-state index in [-0.39, 0.29) is 35.4 Å². The van der Waals surface area contributed by atoms with Crippen LogP contribution in [0.3, 0.4) is 0 Å². The van der Waals surface area contributed by atoms with Gasteiger partial charge < -0.3 is 14.9 Å². The summed E-state index contributed by atoms with van der Waals surface area (Å²) in [5.74, 6) is 0.0388. The average Bonchev–Trinajstić information content (AvgIpc) is 2.72. The van der Waals surface area contributed by atoms with Gasteiger partial charge in [0, 0.05) is 37.6 Å². The summed E-state index contributed by atoms with van der Waals surface area (Å²) in [6.07, 6.45) is 0. The second-order valence-electron chi connectivity index (χ2n) is 8.44. The zero-order valence-corrected chi connectivity index (χ0v) is 19.8. The van der Waals surface area contributed by atoms with E-state index in [0.29, 0.717) is 53.8 Å². The molecule has 0 bridgehead atoms. The van der Waals surface area contributed by atoms with Crippen molar-refractivity contribution < 1.29 is 14.8 Å².